The molecule has 2 atom stereocenters. The van der Waals surface area contributed by atoms with E-state index < -0.39 is 0 Å². The second-order valence-corrected chi connectivity index (χ2v) is 6.80. The summed E-state index contributed by atoms with van der Waals surface area (Å²) in [6, 6.07) is 0.791. The number of rotatable bonds is 5. The summed E-state index contributed by atoms with van der Waals surface area (Å²) in [4.78, 5) is 16.8. The van der Waals surface area contributed by atoms with Gasteiger partial charge >= 0.3 is 0 Å². The van der Waals surface area contributed by atoms with E-state index in [1.807, 2.05) is 16.7 Å². The van der Waals surface area contributed by atoms with Crippen molar-refractivity contribution in [3.63, 3.8) is 0 Å². The normalized spacial score (nSPS) is 26.0. The highest BCUT2D eigenvalue weighted by Gasteiger charge is 2.28. The zero-order valence-corrected chi connectivity index (χ0v) is 15.9. The number of nitrogens with zero attached hydrogens (tertiary/aromatic N) is 2. The van der Waals surface area contributed by atoms with Crippen LogP contribution in [-0.2, 0) is 9.53 Å². The minimum Gasteiger partial charge on any atom is -0.383 e. The molecular formula is C14H29Cl2N3O2S. The van der Waals surface area contributed by atoms with E-state index in [9.17, 15) is 4.79 Å². The van der Waals surface area contributed by atoms with Crippen molar-refractivity contribution in [3.8, 4) is 0 Å². The van der Waals surface area contributed by atoms with E-state index in [4.69, 9.17) is 4.74 Å². The minimum atomic E-state index is 0. The fourth-order valence-corrected chi connectivity index (χ4v) is 3.80. The van der Waals surface area contributed by atoms with Crippen LogP contribution in [0.1, 0.15) is 13.3 Å². The quantitative estimate of drug-likeness (QED) is 0.781. The van der Waals surface area contributed by atoms with Crippen LogP contribution in [0.4, 0.5) is 0 Å². The van der Waals surface area contributed by atoms with Gasteiger partial charge in [-0.1, -0.05) is 0 Å². The zero-order valence-electron chi connectivity index (χ0n) is 13.5. The fourth-order valence-electron chi connectivity index (χ4n) is 2.85. The Hall–Kier alpha value is 0.280. The molecule has 0 radical (unpaired) electrons. The van der Waals surface area contributed by atoms with Gasteiger partial charge < -0.3 is 15.0 Å². The molecular weight excluding hydrogens is 345 g/mol. The molecule has 0 aromatic carbocycles. The third kappa shape index (κ3) is 6.81. The lowest BCUT2D eigenvalue weighted by Gasteiger charge is -2.40. The average Bonchev–Trinajstić information content (AvgIpc) is 2.47. The van der Waals surface area contributed by atoms with Gasteiger partial charge in [-0.2, -0.15) is 11.8 Å². The predicted octanol–water partition coefficient (Wildman–Crippen LogP) is 1.10. The second kappa shape index (κ2) is 11.8. The third-order valence-corrected chi connectivity index (χ3v) is 5.25. The molecule has 1 amide bonds. The molecule has 2 aliphatic rings. The fraction of sp³-hybridized carbons (Fsp3) is 0.929. The van der Waals surface area contributed by atoms with Crippen molar-refractivity contribution in [1.29, 1.82) is 0 Å². The Kier molecular flexibility index (Phi) is 11.9. The summed E-state index contributed by atoms with van der Waals surface area (Å²) in [5.74, 6) is 2.54. The van der Waals surface area contributed by atoms with E-state index >= 15 is 0 Å². The SMILES string of the molecule is COCCN1CCN(C(=O)CC2CSCCN2)CC1C.Cl.Cl. The molecule has 2 fully saturated rings. The lowest BCUT2D eigenvalue weighted by atomic mass is 10.1. The first kappa shape index (κ1) is 22.3. The maximum Gasteiger partial charge on any atom is 0.224 e. The lowest BCUT2D eigenvalue weighted by molar-refractivity contribution is -0.134. The number of carbonyl (C=O) groups excluding carboxylic acids is 1. The van der Waals surface area contributed by atoms with Gasteiger partial charge in [-0.05, 0) is 6.92 Å². The Morgan fingerprint density at radius 1 is 1.36 bits per heavy atom. The summed E-state index contributed by atoms with van der Waals surface area (Å²) in [7, 11) is 1.74. The van der Waals surface area contributed by atoms with Gasteiger partial charge in [-0.15, -0.1) is 24.8 Å². The van der Waals surface area contributed by atoms with Crippen LogP contribution in [0.15, 0.2) is 0 Å². The number of methoxy groups -OCH3 is 1. The molecule has 2 heterocycles. The summed E-state index contributed by atoms with van der Waals surface area (Å²) in [6.07, 6.45) is 0.651. The van der Waals surface area contributed by atoms with Crippen LogP contribution < -0.4 is 5.32 Å². The largest absolute Gasteiger partial charge is 0.383 e. The van der Waals surface area contributed by atoms with Crippen LogP contribution in [0.2, 0.25) is 0 Å². The van der Waals surface area contributed by atoms with Crippen molar-refractivity contribution in [2.45, 2.75) is 25.4 Å². The van der Waals surface area contributed by atoms with Gasteiger partial charge in [0.05, 0.1) is 6.61 Å². The molecule has 0 aromatic heterocycles. The summed E-state index contributed by atoms with van der Waals surface area (Å²) in [5, 5.41) is 3.44. The molecule has 5 nitrogen and oxygen atoms in total. The predicted molar refractivity (Wildman–Crippen MR) is 97.7 cm³/mol. The van der Waals surface area contributed by atoms with Gasteiger partial charge in [0.1, 0.15) is 0 Å². The molecule has 2 aliphatic heterocycles. The third-order valence-electron chi connectivity index (χ3n) is 4.12. The molecule has 1 N–H and O–H groups in total. The summed E-state index contributed by atoms with van der Waals surface area (Å²) in [6.45, 7) is 7.62. The highest BCUT2D eigenvalue weighted by Crippen LogP contribution is 2.14. The Bertz CT molecular complexity index is 320. The topological polar surface area (TPSA) is 44.8 Å². The second-order valence-electron chi connectivity index (χ2n) is 5.65. The molecule has 132 valence electrons. The summed E-state index contributed by atoms with van der Waals surface area (Å²) >= 11 is 1.95. The average molecular weight is 374 g/mol. The van der Waals surface area contributed by atoms with Crippen molar-refractivity contribution < 1.29 is 9.53 Å². The van der Waals surface area contributed by atoms with E-state index in [1.165, 1.54) is 5.75 Å². The Balaban J connectivity index is 0.00000220. The van der Waals surface area contributed by atoms with Gasteiger partial charge in [0.15, 0.2) is 0 Å². The van der Waals surface area contributed by atoms with Crippen LogP contribution in [0.3, 0.4) is 0 Å². The van der Waals surface area contributed by atoms with Crippen molar-refractivity contribution in [2.75, 3.05) is 57.9 Å². The number of halogens is 2. The number of hydrogen-bond donors (Lipinski definition) is 1. The van der Waals surface area contributed by atoms with Gasteiger partial charge in [0.25, 0.3) is 0 Å². The van der Waals surface area contributed by atoms with Gasteiger partial charge in [0, 0.05) is 69.8 Å². The van der Waals surface area contributed by atoms with Crippen LogP contribution >= 0.6 is 36.6 Å². The molecule has 0 aromatic rings. The number of thioether (sulfide) groups is 1. The van der Waals surface area contributed by atoms with E-state index in [0.717, 1.165) is 45.1 Å². The molecule has 22 heavy (non-hydrogen) atoms. The molecule has 0 spiro atoms. The standard InChI is InChI=1S/C14H27N3O2S.2ClH/c1-12-10-17(5-4-16(12)6-7-19-2)14(18)9-13-11-20-8-3-15-13;;/h12-13,15H,3-11H2,1-2H3;2*1H. The van der Waals surface area contributed by atoms with Crippen LogP contribution in [0, 0.1) is 0 Å². The Labute approximate surface area is 150 Å². The van der Waals surface area contributed by atoms with Gasteiger partial charge in [0.2, 0.25) is 5.91 Å². The molecule has 8 heteroatoms. The highest BCUT2D eigenvalue weighted by molar-refractivity contribution is 7.99. The monoisotopic (exact) mass is 373 g/mol. The first-order valence-corrected chi connectivity index (χ1v) is 8.68. The lowest BCUT2D eigenvalue weighted by Crippen LogP contribution is -2.55. The first-order valence-electron chi connectivity index (χ1n) is 7.52. The molecule has 2 unspecified atom stereocenters. The molecule has 2 saturated heterocycles. The Morgan fingerprint density at radius 3 is 2.73 bits per heavy atom. The van der Waals surface area contributed by atoms with Crippen molar-refractivity contribution in [3.05, 3.63) is 0 Å². The van der Waals surface area contributed by atoms with E-state index in [2.05, 4.69) is 17.1 Å². The number of hydrogen-bond acceptors (Lipinski definition) is 5. The number of piperazine rings is 1. The van der Waals surface area contributed by atoms with E-state index in [1.54, 1.807) is 7.11 Å². The van der Waals surface area contributed by atoms with Crippen molar-refractivity contribution >= 4 is 42.5 Å². The summed E-state index contributed by atoms with van der Waals surface area (Å²) in [5.41, 5.74) is 0. The van der Waals surface area contributed by atoms with Gasteiger partial charge in [-0.3, -0.25) is 9.69 Å². The summed E-state index contributed by atoms with van der Waals surface area (Å²) < 4.78 is 5.13. The molecule has 0 bridgehead atoms. The van der Waals surface area contributed by atoms with Crippen LogP contribution in [0.5, 0.6) is 0 Å². The maximum absolute atomic E-state index is 12.4. The van der Waals surface area contributed by atoms with Gasteiger partial charge in [-0.25, -0.2) is 0 Å². The number of ether oxygens (including phenoxy) is 1. The van der Waals surface area contributed by atoms with Crippen LogP contribution in [0.25, 0.3) is 0 Å². The van der Waals surface area contributed by atoms with Crippen LogP contribution in [-0.4, -0.2) is 85.7 Å². The number of amides is 1. The zero-order chi connectivity index (χ0) is 14.4. The smallest absolute Gasteiger partial charge is 0.224 e. The first-order chi connectivity index (χ1) is 9.70. The maximum atomic E-state index is 12.4. The molecule has 0 aliphatic carbocycles. The van der Waals surface area contributed by atoms with E-state index in [0.29, 0.717) is 24.4 Å². The molecule has 0 saturated carbocycles. The van der Waals surface area contributed by atoms with E-state index in [-0.39, 0.29) is 24.8 Å². The van der Waals surface area contributed by atoms with Crippen molar-refractivity contribution in [2.24, 2.45) is 0 Å². The number of nitrogens with one attached hydrogen (secondary N) is 1. The Morgan fingerprint density at radius 2 is 2.14 bits per heavy atom. The van der Waals surface area contributed by atoms with Crippen molar-refractivity contribution in [1.82, 2.24) is 15.1 Å². The molecule has 2 rings (SSSR count). The highest BCUT2D eigenvalue weighted by atomic mass is 35.5. The minimum absolute atomic E-state index is 0. The number of carbonyl (C=O) groups is 1.